The summed E-state index contributed by atoms with van der Waals surface area (Å²) in [6.45, 7) is 6.43. The molecule has 2 rings (SSSR count). The van der Waals surface area contributed by atoms with Crippen molar-refractivity contribution in [3.8, 4) is 0 Å². The van der Waals surface area contributed by atoms with E-state index in [-0.39, 0.29) is 17.2 Å². The van der Waals surface area contributed by atoms with Crippen LogP contribution in [0.2, 0.25) is 0 Å². The first kappa shape index (κ1) is 22.1. The van der Waals surface area contributed by atoms with E-state index < -0.39 is 17.8 Å². The lowest BCUT2D eigenvalue weighted by molar-refractivity contribution is -0.133. The Hall–Kier alpha value is -3.15. The normalized spacial score (nSPS) is 11.4. The molecule has 0 aromatic heterocycles. The van der Waals surface area contributed by atoms with E-state index >= 15 is 0 Å². The van der Waals surface area contributed by atoms with Gasteiger partial charge in [-0.25, -0.2) is 4.79 Å². The number of ether oxygens (including phenoxy) is 1. The highest BCUT2D eigenvalue weighted by atomic mass is 16.5. The average Bonchev–Trinajstić information content (AvgIpc) is 2.74. The molecule has 2 aromatic carbocycles. The largest absolute Gasteiger partial charge is 0.462 e. The van der Waals surface area contributed by atoms with E-state index in [1.54, 1.807) is 36.4 Å². The smallest absolute Gasteiger partial charge is 0.340 e. The molecule has 29 heavy (non-hydrogen) atoms. The molecule has 6 nitrogen and oxygen atoms in total. The molecule has 2 amide bonds. The van der Waals surface area contributed by atoms with Gasteiger partial charge in [-0.15, -0.1) is 0 Å². The van der Waals surface area contributed by atoms with Crippen LogP contribution in [0.25, 0.3) is 0 Å². The molecule has 0 aliphatic rings. The van der Waals surface area contributed by atoms with Gasteiger partial charge in [0.25, 0.3) is 0 Å². The van der Waals surface area contributed by atoms with E-state index in [1.807, 2.05) is 19.1 Å². The van der Waals surface area contributed by atoms with E-state index in [0.29, 0.717) is 12.3 Å². The van der Waals surface area contributed by atoms with Gasteiger partial charge in [-0.3, -0.25) is 9.59 Å². The predicted octanol–water partition coefficient (Wildman–Crippen LogP) is 4.73. The average molecular weight is 396 g/mol. The highest BCUT2D eigenvalue weighted by Crippen LogP contribution is 2.26. The number of benzene rings is 2. The standard InChI is InChI=1S/C23H28N2O4/c1-4-6-15-29-23(28)18-12-8-10-14-20(18)25-22(27)21(26)24-19-13-9-7-11-17(19)16(3)5-2/h7-14,16H,4-6,15H2,1-3H3,(H,24,26)(H,25,27). The Kier molecular flexibility index (Phi) is 8.40. The number of unbranched alkanes of at least 4 members (excludes halogenated alkanes) is 1. The molecular formula is C23H28N2O4. The summed E-state index contributed by atoms with van der Waals surface area (Å²) in [6.07, 6.45) is 2.58. The van der Waals surface area contributed by atoms with Crippen molar-refractivity contribution in [2.45, 2.75) is 46.0 Å². The third-order valence-electron chi connectivity index (χ3n) is 4.68. The Morgan fingerprint density at radius 3 is 2.14 bits per heavy atom. The fourth-order valence-corrected chi connectivity index (χ4v) is 2.78. The molecule has 6 heteroatoms. The lowest BCUT2D eigenvalue weighted by Crippen LogP contribution is -2.30. The summed E-state index contributed by atoms with van der Waals surface area (Å²) in [5.74, 6) is -1.93. The van der Waals surface area contributed by atoms with Crippen LogP contribution in [0.3, 0.4) is 0 Å². The van der Waals surface area contributed by atoms with E-state index in [2.05, 4.69) is 24.5 Å². The SMILES string of the molecule is CCCCOC(=O)c1ccccc1NC(=O)C(=O)Nc1ccccc1C(C)CC. The number of hydrogen-bond acceptors (Lipinski definition) is 4. The van der Waals surface area contributed by atoms with E-state index in [4.69, 9.17) is 4.74 Å². The number of carbonyl (C=O) groups is 3. The molecule has 1 atom stereocenters. The van der Waals surface area contributed by atoms with Gasteiger partial charge >= 0.3 is 17.8 Å². The maximum atomic E-state index is 12.4. The van der Waals surface area contributed by atoms with Crippen molar-refractivity contribution in [1.82, 2.24) is 0 Å². The molecule has 1 unspecified atom stereocenters. The summed E-state index contributed by atoms with van der Waals surface area (Å²) < 4.78 is 5.21. The zero-order valence-electron chi connectivity index (χ0n) is 17.2. The van der Waals surface area contributed by atoms with Gasteiger partial charge in [0.1, 0.15) is 0 Å². The molecule has 0 saturated carbocycles. The number of nitrogens with one attached hydrogen (secondary N) is 2. The number of para-hydroxylation sites is 2. The lowest BCUT2D eigenvalue weighted by atomic mass is 9.97. The number of carbonyl (C=O) groups excluding carboxylic acids is 3. The van der Waals surface area contributed by atoms with Crippen molar-refractivity contribution in [2.24, 2.45) is 0 Å². The zero-order chi connectivity index (χ0) is 21.2. The van der Waals surface area contributed by atoms with Crippen molar-refractivity contribution in [1.29, 1.82) is 0 Å². The molecular weight excluding hydrogens is 368 g/mol. The maximum absolute atomic E-state index is 12.4. The molecule has 0 spiro atoms. The fraction of sp³-hybridized carbons (Fsp3) is 0.348. The van der Waals surface area contributed by atoms with E-state index in [9.17, 15) is 14.4 Å². The Bertz CT molecular complexity index is 863. The Balaban J connectivity index is 2.10. The first-order valence-electron chi connectivity index (χ1n) is 9.95. The van der Waals surface area contributed by atoms with Crippen LogP contribution in [0.15, 0.2) is 48.5 Å². The first-order valence-corrected chi connectivity index (χ1v) is 9.95. The molecule has 2 aromatic rings. The van der Waals surface area contributed by atoms with Gasteiger partial charge in [-0.05, 0) is 42.5 Å². The van der Waals surface area contributed by atoms with Gasteiger partial charge in [0.05, 0.1) is 17.9 Å². The quantitative estimate of drug-likeness (QED) is 0.384. The predicted molar refractivity (Wildman–Crippen MR) is 114 cm³/mol. The summed E-state index contributed by atoms with van der Waals surface area (Å²) >= 11 is 0. The van der Waals surface area contributed by atoms with E-state index in [0.717, 1.165) is 24.8 Å². The summed E-state index contributed by atoms with van der Waals surface area (Å²) in [6, 6.07) is 13.9. The Labute approximate surface area is 171 Å². The molecule has 0 aliphatic carbocycles. The second-order valence-electron chi connectivity index (χ2n) is 6.84. The molecule has 0 saturated heterocycles. The minimum absolute atomic E-state index is 0.213. The van der Waals surface area contributed by atoms with Crippen LogP contribution in [0, 0.1) is 0 Å². The second kappa shape index (κ2) is 11.0. The van der Waals surface area contributed by atoms with Crippen molar-refractivity contribution in [3.63, 3.8) is 0 Å². The number of esters is 1. The third kappa shape index (κ3) is 6.17. The molecule has 0 aliphatic heterocycles. The number of amides is 2. The van der Waals surface area contributed by atoms with E-state index in [1.165, 1.54) is 0 Å². The molecule has 0 fully saturated rings. The molecule has 0 bridgehead atoms. The van der Waals surface area contributed by atoms with Crippen LogP contribution in [0.1, 0.15) is 61.9 Å². The Morgan fingerprint density at radius 2 is 1.48 bits per heavy atom. The Morgan fingerprint density at radius 1 is 0.897 bits per heavy atom. The van der Waals surface area contributed by atoms with Crippen LogP contribution in [0.4, 0.5) is 11.4 Å². The van der Waals surface area contributed by atoms with Gasteiger partial charge in [-0.2, -0.15) is 0 Å². The van der Waals surface area contributed by atoms with Crippen LogP contribution in [-0.4, -0.2) is 24.4 Å². The molecule has 0 heterocycles. The van der Waals surface area contributed by atoms with Gasteiger partial charge in [0.2, 0.25) is 0 Å². The summed E-state index contributed by atoms with van der Waals surface area (Å²) in [5.41, 5.74) is 2.03. The summed E-state index contributed by atoms with van der Waals surface area (Å²) in [4.78, 5) is 37.1. The van der Waals surface area contributed by atoms with Crippen LogP contribution in [-0.2, 0) is 14.3 Å². The van der Waals surface area contributed by atoms with Gasteiger partial charge in [0.15, 0.2) is 0 Å². The fourth-order valence-electron chi connectivity index (χ4n) is 2.78. The number of rotatable bonds is 8. The first-order chi connectivity index (χ1) is 14.0. The minimum atomic E-state index is -0.849. The van der Waals surface area contributed by atoms with Gasteiger partial charge in [0, 0.05) is 5.69 Å². The monoisotopic (exact) mass is 396 g/mol. The summed E-state index contributed by atoms with van der Waals surface area (Å²) in [7, 11) is 0. The lowest BCUT2D eigenvalue weighted by Gasteiger charge is -2.16. The van der Waals surface area contributed by atoms with Crippen LogP contribution >= 0.6 is 0 Å². The highest BCUT2D eigenvalue weighted by molar-refractivity contribution is 6.44. The van der Waals surface area contributed by atoms with Gasteiger partial charge < -0.3 is 15.4 Å². The maximum Gasteiger partial charge on any atom is 0.340 e. The third-order valence-corrected chi connectivity index (χ3v) is 4.68. The minimum Gasteiger partial charge on any atom is -0.462 e. The number of hydrogen-bond donors (Lipinski definition) is 2. The second-order valence-corrected chi connectivity index (χ2v) is 6.84. The van der Waals surface area contributed by atoms with Gasteiger partial charge in [-0.1, -0.05) is 57.5 Å². The number of anilines is 2. The molecule has 154 valence electrons. The van der Waals surface area contributed by atoms with Crippen molar-refractivity contribution in [2.75, 3.05) is 17.2 Å². The zero-order valence-corrected chi connectivity index (χ0v) is 17.2. The van der Waals surface area contributed by atoms with Crippen LogP contribution in [0.5, 0.6) is 0 Å². The van der Waals surface area contributed by atoms with Crippen LogP contribution < -0.4 is 10.6 Å². The van der Waals surface area contributed by atoms with Crippen molar-refractivity contribution >= 4 is 29.2 Å². The topological polar surface area (TPSA) is 84.5 Å². The summed E-state index contributed by atoms with van der Waals surface area (Å²) in [5, 5.41) is 5.18. The van der Waals surface area contributed by atoms with Crippen molar-refractivity contribution in [3.05, 3.63) is 59.7 Å². The highest BCUT2D eigenvalue weighted by Gasteiger charge is 2.20. The molecule has 2 N–H and O–H groups in total. The van der Waals surface area contributed by atoms with Crippen molar-refractivity contribution < 1.29 is 19.1 Å². The molecule has 0 radical (unpaired) electrons.